The van der Waals surface area contributed by atoms with Gasteiger partial charge >= 0.3 is 0 Å². The van der Waals surface area contributed by atoms with Gasteiger partial charge in [0.25, 0.3) is 0 Å². The summed E-state index contributed by atoms with van der Waals surface area (Å²) in [5, 5.41) is 30.5. The topological polar surface area (TPSA) is 114 Å². The number of terminal acetylenes is 1. The van der Waals surface area contributed by atoms with Crippen molar-refractivity contribution in [1.29, 1.82) is 0 Å². The van der Waals surface area contributed by atoms with Crippen LogP contribution in [0.15, 0.2) is 36.9 Å². The molecule has 138 valence electrons. The molecule has 1 aliphatic heterocycles. The molecule has 2 aromatic heterocycles. The Kier molecular flexibility index (Phi) is 4.17. The summed E-state index contributed by atoms with van der Waals surface area (Å²) in [6.45, 7) is 1.46. The van der Waals surface area contributed by atoms with Crippen molar-refractivity contribution in [2.45, 2.75) is 31.0 Å². The van der Waals surface area contributed by atoms with Gasteiger partial charge in [-0.3, -0.25) is 4.57 Å². The third-order valence-corrected chi connectivity index (χ3v) is 4.87. The number of aliphatic hydroxyl groups excluding tert-OH is 2. The SMILES string of the molecule is C#C[C@@]1(O)[C@@H](CO)O[C@@H](n2cnc3c(-c4ccc(C)cc4)ncnc32)[C@@H]1O. The smallest absolute Gasteiger partial charge is 0.183 e. The molecule has 0 spiro atoms. The minimum atomic E-state index is -2.01. The maximum Gasteiger partial charge on any atom is 0.183 e. The Bertz CT molecular complexity index is 1030. The lowest BCUT2D eigenvalue weighted by Gasteiger charge is -2.23. The predicted octanol–water partition coefficient (Wildman–Crippen LogP) is 0.417. The molecule has 3 N–H and O–H groups in total. The molecule has 0 saturated carbocycles. The van der Waals surface area contributed by atoms with Crippen molar-refractivity contribution in [2.24, 2.45) is 0 Å². The van der Waals surface area contributed by atoms with E-state index in [1.807, 2.05) is 31.2 Å². The summed E-state index contributed by atoms with van der Waals surface area (Å²) >= 11 is 0. The van der Waals surface area contributed by atoms with Crippen LogP contribution < -0.4 is 0 Å². The number of benzene rings is 1. The third-order valence-electron chi connectivity index (χ3n) is 4.87. The Hall–Kier alpha value is -2.83. The highest BCUT2D eigenvalue weighted by atomic mass is 16.6. The van der Waals surface area contributed by atoms with E-state index in [2.05, 4.69) is 20.9 Å². The minimum absolute atomic E-state index is 0.419. The second-order valence-electron chi connectivity index (χ2n) is 6.52. The van der Waals surface area contributed by atoms with Crippen molar-refractivity contribution in [3.8, 4) is 23.6 Å². The molecule has 0 bridgehead atoms. The molecule has 1 fully saturated rings. The van der Waals surface area contributed by atoms with Crippen molar-refractivity contribution in [3.63, 3.8) is 0 Å². The number of aromatic nitrogens is 4. The van der Waals surface area contributed by atoms with Gasteiger partial charge in [0.15, 0.2) is 17.5 Å². The molecule has 1 aliphatic rings. The molecule has 27 heavy (non-hydrogen) atoms. The largest absolute Gasteiger partial charge is 0.394 e. The van der Waals surface area contributed by atoms with Gasteiger partial charge in [0.2, 0.25) is 0 Å². The number of hydrogen-bond donors (Lipinski definition) is 3. The van der Waals surface area contributed by atoms with Crippen LogP contribution in [0.5, 0.6) is 0 Å². The Morgan fingerprint density at radius 1 is 1.26 bits per heavy atom. The van der Waals surface area contributed by atoms with Crippen LogP contribution in [-0.2, 0) is 4.74 Å². The van der Waals surface area contributed by atoms with Crippen LogP contribution in [0, 0.1) is 19.3 Å². The first-order valence-electron chi connectivity index (χ1n) is 8.38. The van der Waals surface area contributed by atoms with Crippen LogP contribution in [0.3, 0.4) is 0 Å². The van der Waals surface area contributed by atoms with E-state index in [-0.39, 0.29) is 0 Å². The predicted molar refractivity (Wildman–Crippen MR) is 96.3 cm³/mol. The summed E-state index contributed by atoms with van der Waals surface area (Å²) in [5.74, 6) is 2.13. The molecule has 8 heteroatoms. The normalized spacial score (nSPS) is 27.7. The summed E-state index contributed by atoms with van der Waals surface area (Å²) in [6, 6.07) is 7.83. The van der Waals surface area contributed by atoms with E-state index >= 15 is 0 Å². The molecular weight excluding hydrogens is 348 g/mol. The maximum absolute atomic E-state index is 10.5. The number of ether oxygens (including phenoxy) is 1. The highest BCUT2D eigenvalue weighted by Crippen LogP contribution is 2.38. The fourth-order valence-corrected chi connectivity index (χ4v) is 3.29. The van der Waals surface area contributed by atoms with E-state index in [0.717, 1.165) is 11.1 Å². The first-order valence-corrected chi connectivity index (χ1v) is 8.38. The minimum Gasteiger partial charge on any atom is -0.394 e. The molecule has 4 atom stereocenters. The van der Waals surface area contributed by atoms with Crippen molar-refractivity contribution < 1.29 is 20.1 Å². The molecule has 4 rings (SSSR count). The first kappa shape index (κ1) is 17.6. The second kappa shape index (κ2) is 6.40. The van der Waals surface area contributed by atoms with Crippen LogP contribution in [0.1, 0.15) is 11.8 Å². The van der Waals surface area contributed by atoms with Gasteiger partial charge in [-0.1, -0.05) is 35.7 Å². The lowest BCUT2D eigenvalue weighted by molar-refractivity contribution is -0.0605. The fraction of sp³-hybridized carbons (Fsp3) is 0.316. The molecule has 0 radical (unpaired) electrons. The molecule has 1 saturated heterocycles. The van der Waals surface area contributed by atoms with Crippen LogP contribution in [0.2, 0.25) is 0 Å². The van der Waals surface area contributed by atoms with Gasteiger partial charge in [0.1, 0.15) is 29.7 Å². The van der Waals surface area contributed by atoms with Crippen LogP contribution >= 0.6 is 0 Å². The first-order chi connectivity index (χ1) is 13.0. The van der Waals surface area contributed by atoms with E-state index < -0.39 is 30.6 Å². The van der Waals surface area contributed by atoms with Gasteiger partial charge < -0.3 is 20.1 Å². The van der Waals surface area contributed by atoms with Crippen molar-refractivity contribution in [3.05, 3.63) is 42.5 Å². The summed E-state index contributed by atoms with van der Waals surface area (Å²) in [5.41, 5.74) is 1.57. The molecule has 1 aromatic carbocycles. The molecule has 3 heterocycles. The van der Waals surface area contributed by atoms with Gasteiger partial charge in [-0.25, -0.2) is 15.0 Å². The van der Waals surface area contributed by atoms with Gasteiger partial charge in [-0.05, 0) is 6.92 Å². The van der Waals surface area contributed by atoms with E-state index in [4.69, 9.17) is 11.2 Å². The molecule has 8 nitrogen and oxygen atoms in total. The second-order valence-corrected chi connectivity index (χ2v) is 6.52. The summed E-state index contributed by atoms with van der Waals surface area (Å²) in [6.07, 6.45) is 4.57. The van der Waals surface area contributed by atoms with E-state index in [0.29, 0.717) is 16.9 Å². The monoisotopic (exact) mass is 366 g/mol. The molecule has 0 unspecified atom stereocenters. The van der Waals surface area contributed by atoms with Crippen molar-refractivity contribution >= 4 is 11.2 Å². The Balaban J connectivity index is 1.80. The lowest BCUT2D eigenvalue weighted by Crippen LogP contribution is -2.47. The van der Waals surface area contributed by atoms with Crippen molar-refractivity contribution in [2.75, 3.05) is 6.61 Å². The number of rotatable bonds is 3. The summed E-state index contributed by atoms with van der Waals surface area (Å²) in [7, 11) is 0. The number of fused-ring (bicyclic) bond motifs is 1. The zero-order valence-corrected chi connectivity index (χ0v) is 14.5. The maximum atomic E-state index is 10.5. The van der Waals surface area contributed by atoms with Gasteiger partial charge in [-0.2, -0.15) is 0 Å². The number of imidazole rings is 1. The zero-order chi connectivity index (χ0) is 19.2. The van der Waals surface area contributed by atoms with E-state index in [9.17, 15) is 15.3 Å². The van der Waals surface area contributed by atoms with E-state index in [1.165, 1.54) is 17.2 Å². The number of hydrogen-bond acceptors (Lipinski definition) is 7. The highest BCUT2D eigenvalue weighted by molar-refractivity contribution is 5.87. The van der Waals surface area contributed by atoms with Gasteiger partial charge in [-0.15, -0.1) is 6.42 Å². The van der Waals surface area contributed by atoms with Gasteiger partial charge in [0.05, 0.1) is 12.9 Å². The molecular formula is C19H18N4O4. The molecule has 0 aliphatic carbocycles. The lowest BCUT2D eigenvalue weighted by atomic mass is 9.93. The summed E-state index contributed by atoms with van der Waals surface area (Å²) < 4.78 is 7.10. The highest BCUT2D eigenvalue weighted by Gasteiger charge is 2.55. The number of nitrogens with zero attached hydrogens (tertiary/aromatic N) is 4. The fourth-order valence-electron chi connectivity index (χ4n) is 3.29. The number of aryl methyl sites for hydroxylation is 1. The third kappa shape index (κ3) is 2.60. The average Bonchev–Trinajstić information content (AvgIpc) is 3.22. The van der Waals surface area contributed by atoms with Crippen LogP contribution in [0.4, 0.5) is 0 Å². The number of aliphatic hydroxyl groups is 3. The quantitative estimate of drug-likeness (QED) is 0.576. The zero-order valence-electron chi connectivity index (χ0n) is 14.5. The van der Waals surface area contributed by atoms with Crippen LogP contribution in [0.25, 0.3) is 22.4 Å². The Morgan fingerprint density at radius 2 is 2.00 bits per heavy atom. The summed E-state index contributed by atoms with van der Waals surface area (Å²) in [4.78, 5) is 13.0. The Labute approximate surface area is 155 Å². The molecule has 3 aromatic rings. The van der Waals surface area contributed by atoms with Gasteiger partial charge in [0, 0.05) is 5.56 Å². The van der Waals surface area contributed by atoms with Crippen molar-refractivity contribution in [1.82, 2.24) is 19.5 Å². The van der Waals surface area contributed by atoms with E-state index in [1.54, 1.807) is 0 Å². The Morgan fingerprint density at radius 3 is 2.63 bits per heavy atom. The standard InChI is InChI=1S/C19H18N4O4/c1-3-19(26)13(8-24)27-18(16(19)25)23-10-22-15-14(20-9-21-17(15)23)12-6-4-11(2)5-7-12/h1,4-7,9-10,13,16,18,24-26H,8H2,2H3/t13-,16+,18-,19-/m1/s1. The molecule has 0 amide bonds. The van der Waals surface area contributed by atoms with Crippen LogP contribution in [-0.4, -0.2) is 59.3 Å². The average molecular weight is 366 g/mol.